The lowest BCUT2D eigenvalue weighted by atomic mass is 9.91. The summed E-state index contributed by atoms with van der Waals surface area (Å²) in [6.07, 6.45) is 9.39. The summed E-state index contributed by atoms with van der Waals surface area (Å²) in [6, 6.07) is 14.1. The van der Waals surface area contributed by atoms with E-state index in [1.807, 2.05) is 26.0 Å². The van der Waals surface area contributed by atoms with Crippen molar-refractivity contribution in [2.24, 2.45) is 5.73 Å². The monoisotopic (exact) mass is 576 g/mol. The van der Waals surface area contributed by atoms with E-state index < -0.39 is 11.5 Å². The fraction of sp³-hybridized carbons (Fsp3) is 0.406. The normalized spacial score (nSPS) is 18.1. The number of benzene rings is 2. The number of aromatic amines is 1. The highest BCUT2D eigenvalue weighted by Gasteiger charge is 2.22. The quantitative estimate of drug-likeness (QED) is 0.155. The van der Waals surface area contributed by atoms with E-state index in [4.69, 9.17) is 22.7 Å². The number of aromatic nitrogens is 3. The van der Waals surface area contributed by atoms with E-state index in [9.17, 15) is 4.79 Å². The van der Waals surface area contributed by atoms with Gasteiger partial charge in [0, 0.05) is 41.0 Å². The van der Waals surface area contributed by atoms with Gasteiger partial charge in [0.15, 0.2) is 5.82 Å². The lowest BCUT2D eigenvalue weighted by Crippen LogP contribution is -2.37. The fourth-order valence-corrected chi connectivity index (χ4v) is 5.95. The molecule has 216 valence electrons. The second-order valence-electron chi connectivity index (χ2n) is 11.4. The van der Waals surface area contributed by atoms with Crippen LogP contribution in [0, 0.1) is 11.2 Å². The summed E-state index contributed by atoms with van der Waals surface area (Å²) in [7, 11) is 0. The van der Waals surface area contributed by atoms with E-state index in [2.05, 4.69) is 27.4 Å². The minimum Gasteiger partial charge on any atom is -0.339 e. The predicted molar refractivity (Wildman–Crippen MR) is 165 cm³/mol. The summed E-state index contributed by atoms with van der Waals surface area (Å²) in [4.78, 5) is 20.3. The van der Waals surface area contributed by atoms with Gasteiger partial charge in [-0.3, -0.25) is 4.57 Å². The second kappa shape index (κ2) is 12.7. The number of H-pyrrole nitrogens is 1. The third-order valence-corrected chi connectivity index (χ3v) is 8.21. The van der Waals surface area contributed by atoms with Gasteiger partial charge < -0.3 is 21.4 Å². The molecule has 7 nitrogen and oxygen atoms in total. The number of halogens is 2. The largest absolute Gasteiger partial charge is 0.354 e. The first kappa shape index (κ1) is 29.2. The molecule has 0 aliphatic carbocycles. The minimum atomic E-state index is -0.508. The van der Waals surface area contributed by atoms with Crippen molar-refractivity contribution in [2.45, 2.75) is 83.3 Å². The molecule has 5 N–H and O–H groups in total. The van der Waals surface area contributed by atoms with Crippen molar-refractivity contribution < 1.29 is 4.39 Å². The topological polar surface area (TPSA) is 113 Å². The van der Waals surface area contributed by atoms with Crippen molar-refractivity contribution in [3.05, 3.63) is 81.1 Å². The Balaban J connectivity index is 1.37. The highest BCUT2D eigenvalue weighted by Crippen LogP contribution is 2.32. The van der Waals surface area contributed by atoms with Gasteiger partial charge in [0.25, 0.3) is 0 Å². The molecule has 41 heavy (non-hydrogen) atoms. The van der Waals surface area contributed by atoms with Gasteiger partial charge >= 0.3 is 5.69 Å². The van der Waals surface area contributed by atoms with Gasteiger partial charge in [0.05, 0.1) is 16.4 Å². The van der Waals surface area contributed by atoms with Crippen LogP contribution in [0.2, 0.25) is 5.02 Å². The Morgan fingerprint density at radius 3 is 2.76 bits per heavy atom. The number of rotatable bonds is 10. The number of nitrogens with two attached hydrogens (primary N) is 1. The lowest BCUT2D eigenvalue weighted by Gasteiger charge is -2.31. The van der Waals surface area contributed by atoms with Crippen LogP contribution in [-0.4, -0.2) is 32.3 Å². The maximum Gasteiger partial charge on any atom is 0.354 e. The first-order chi connectivity index (χ1) is 19.7. The van der Waals surface area contributed by atoms with Gasteiger partial charge in [-0.05, 0) is 100 Å². The molecular weight excluding hydrogens is 539 g/mol. The number of piperidine rings is 1. The average molecular weight is 577 g/mol. The Morgan fingerprint density at radius 1 is 1.24 bits per heavy atom. The molecule has 3 atom stereocenters. The Hall–Kier alpha value is -3.33. The molecule has 4 aromatic rings. The maximum atomic E-state index is 15.1. The Morgan fingerprint density at radius 2 is 2.02 bits per heavy atom. The molecule has 1 aliphatic rings. The molecule has 5 rings (SSSR count). The highest BCUT2D eigenvalue weighted by atomic mass is 35.5. The highest BCUT2D eigenvalue weighted by molar-refractivity contribution is 6.31. The summed E-state index contributed by atoms with van der Waals surface area (Å²) in [5.74, 6) is -0.508. The molecule has 1 aliphatic heterocycles. The Labute approximate surface area is 244 Å². The van der Waals surface area contributed by atoms with Crippen molar-refractivity contribution in [1.82, 2.24) is 19.9 Å². The Kier molecular flexibility index (Phi) is 9.02. The van der Waals surface area contributed by atoms with Crippen molar-refractivity contribution >= 4 is 28.3 Å². The third kappa shape index (κ3) is 6.94. The molecule has 3 heterocycles. The lowest BCUT2D eigenvalue weighted by molar-refractivity contribution is 0.315. The van der Waals surface area contributed by atoms with E-state index in [0.717, 1.165) is 62.6 Å². The number of nitrogens with one attached hydrogen (secondary N) is 3. The van der Waals surface area contributed by atoms with Crippen LogP contribution < -0.4 is 16.7 Å². The molecule has 0 saturated carbocycles. The zero-order chi connectivity index (χ0) is 29.1. The zero-order valence-corrected chi connectivity index (χ0v) is 24.4. The van der Waals surface area contributed by atoms with Gasteiger partial charge in [-0.15, -0.1) is 0 Å². The van der Waals surface area contributed by atoms with Crippen molar-refractivity contribution in [1.29, 1.82) is 5.41 Å². The van der Waals surface area contributed by atoms with Crippen LogP contribution in [0.3, 0.4) is 0 Å². The van der Waals surface area contributed by atoms with Gasteiger partial charge in [-0.25, -0.2) is 9.18 Å². The molecule has 0 bridgehead atoms. The first-order valence-electron chi connectivity index (χ1n) is 14.4. The van der Waals surface area contributed by atoms with Crippen LogP contribution in [0.15, 0.2) is 53.5 Å². The van der Waals surface area contributed by atoms with Crippen molar-refractivity contribution in [2.75, 3.05) is 0 Å². The standard InChI is InChI=1S/C32H38ClFN6O/c1-19(35)5-3-6-21-15-26(30(34)27(33)16-21)29-17-23-18-40(32(41)39-31(23)38-29)25-13-10-22(11-14-25)28-8-4-7-24(37-28)12-9-20(2)36/h10-11,13-19,24,28,36-37H,3-9,12,35H2,1-2H3,(H,38,39,41)/t19-,24-,28-/m0/s1. The summed E-state index contributed by atoms with van der Waals surface area (Å²) < 4.78 is 16.6. The summed E-state index contributed by atoms with van der Waals surface area (Å²) in [5.41, 5.74) is 10.3. The molecule has 0 unspecified atom stereocenters. The number of nitrogens with zero attached hydrogens (tertiary/aromatic N) is 2. The van der Waals surface area contributed by atoms with Gasteiger partial charge in [0.2, 0.25) is 0 Å². The van der Waals surface area contributed by atoms with Gasteiger partial charge in [0.1, 0.15) is 5.65 Å². The van der Waals surface area contributed by atoms with Crippen molar-refractivity contribution in [3.63, 3.8) is 0 Å². The van der Waals surface area contributed by atoms with Crippen LogP contribution in [-0.2, 0) is 6.42 Å². The fourth-order valence-electron chi connectivity index (χ4n) is 5.71. The zero-order valence-electron chi connectivity index (χ0n) is 23.6. The number of aryl methyl sites for hydroxylation is 1. The molecular formula is C32H38ClFN6O. The number of hydrogen-bond acceptors (Lipinski definition) is 5. The minimum absolute atomic E-state index is 0.0631. The van der Waals surface area contributed by atoms with E-state index in [0.29, 0.717) is 34.0 Å². The van der Waals surface area contributed by atoms with Crippen LogP contribution >= 0.6 is 11.6 Å². The summed E-state index contributed by atoms with van der Waals surface area (Å²) in [6.45, 7) is 3.83. The van der Waals surface area contributed by atoms with E-state index in [-0.39, 0.29) is 17.1 Å². The summed E-state index contributed by atoms with van der Waals surface area (Å²) in [5, 5.41) is 12.2. The third-order valence-electron chi connectivity index (χ3n) is 7.93. The molecule has 9 heteroatoms. The first-order valence-corrected chi connectivity index (χ1v) is 14.8. The van der Waals surface area contributed by atoms with Crippen LogP contribution in [0.25, 0.3) is 28.0 Å². The molecule has 0 amide bonds. The van der Waals surface area contributed by atoms with Crippen molar-refractivity contribution in [3.8, 4) is 16.9 Å². The van der Waals surface area contributed by atoms with Gasteiger partial charge in [-0.1, -0.05) is 30.2 Å². The van der Waals surface area contributed by atoms with Crippen LogP contribution in [0.5, 0.6) is 0 Å². The molecule has 2 aromatic carbocycles. The molecule has 1 saturated heterocycles. The molecule has 1 fully saturated rings. The maximum absolute atomic E-state index is 15.1. The second-order valence-corrected chi connectivity index (χ2v) is 11.9. The molecule has 0 spiro atoms. The van der Waals surface area contributed by atoms with E-state index in [1.165, 1.54) is 10.1 Å². The predicted octanol–water partition coefficient (Wildman–Crippen LogP) is 6.85. The number of fused-ring (bicyclic) bond motifs is 1. The molecule has 0 radical (unpaired) electrons. The van der Waals surface area contributed by atoms with Gasteiger partial charge in [-0.2, -0.15) is 4.98 Å². The van der Waals surface area contributed by atoms with E-state index in [1.54, 1.807) is 24.4 Å². The average Bonchev–Trinajstić information content (AvgIpc) is 3.36. The van der Waals surface area contributed by atoms with Crippen LogP contribution in [0.1, 0.15) is 76.0 Å². The number of hydrogen-bond donors (Lipinski definition) is 4. The van der Waals surface area contributed by atoms with Crippen LogP contribution in [0.4, 0.5) is 4.39 Å². The van der Waals surface area contributed by atoms with E-state index >= 15 is 4.39 Å². The SMILES string of the molecule is CC(=N)CC[C@@H]1CCC[C@@H](c2ccc(-n3cc4cc(-c5cc(CCC[C@H](C)N)cc(Cl)c5F)[nH]c4nc3=O)cc2)N1. The molecule has 2 aromatic heterocycles. The summed E-state index contributed by atoms with van der Waals surface area (Å²) >= 11 is 6.25. The Bertz CT molecular complexity index is 1590. The smallest absolute Gasteiger partial charge is 0.339 e.